The van der Waals surface area contributed by atoms with Crippen molar-refractivity contribution in [1.29, 1.82) is 0 Å². The normalized spacial score (nSPS) is 22.8. The third kappa shape index (κ3) is 2.04. The smallest absolute Gasteiger partial charge is 0.338 e. The molecule has 5 heteroatoms. The molecule has 0 spiro atoms. The molecule has 0 aromatic heterocycles. The molecule has 1 saturated heterocycles. The summed E-state index contributed by atoms with van der Waals surface area (Å²) in [5.41, 5.74) is -1.30. The van der Waals surface area contributed by atoms with E-state index in [4.69, 9.17) is 9.47 Å². The van der Waals surface area contributed by atoms with E-state index in [1.807, 2.05) is 6.92 Å². The molecule has 1 rings (SSSR count). The highest BCUT2D eigenvalue weighted by Crippen LogP contribution is 2.29. The van der Waals surface area contributed by atoms with Crippen molar-refractivity contribution in [2.75, 3.05) is 19.8 Å². The van der Waals surface area contributed by atoms with Crippen LogP contribution < -0.4 is 5.32 Å². The first-order chi connectivity index (χ1) is 7.59. The van der Waals surface area contributed by atoms with E-state index in [1.165, 1.54) is 0 Å². The van der Waals surface area contributed by atoms with Gasteiger partial charge in [0.15, 0.2) is 0 Å². The molecule has 0 aromatic rings. The molecule has 1 aliphatic rings. The fourth-order valence-electron chi connectivity index (χ4n) is 2.00. The number of hydrogen-bond donors (Lipinski definition) is 1. The van der Waals surface area contributed by atoms with Gasteiger partial charge in [0, 0.05) is 0 Å². The van der Waals surface area contributed by atoms with Crippen LogP contribution in [-0.4, -0.2) is 37.2 Å². The van der Waals surface area contributed by atoms with Gasteiger partial charge in [0.2, 0.25) is 5.54 Å². The molecule has 92 valence electrons. The van der Waals surface area contributed by atoms with Crippen molar-refractivity contribution < 1.29 is 19.1 Å². The van der Waals surface area contributed by atoms with Gasteiger partial charge in [0.1, 0.15) is 0 Å². The van der Waals surface area contributed by atoms with Gasteiger partial charge >= 0.3 is 11.9 Å². The van der Waals surface area contributed by atoms with Gasteiger partial charge in [0.25, 0.3) is 0 Å². The quantitative estimate of drug-likeness (QED) is 0.561. The molecule has 1 aliphatic heterocycles. The molecular formula is C11H19NO4. The van der Waals surface area contributed by atoms with Gasteiger partial charge in [-0.05, 0) is 32.7 Å². The van der Waals surface area contributed by atoms with Crippen LogP contribution in [0.2, 0.25) is 0 Å². The molecule has 1 N–H and O–H groups in total. The van der Waals surface area contributed by atoms with Crippen molar-refractivity contribution in [2.24, 2.45) is 5.92 Å². The highest BCUT2D eigenvalue weighted by Gasteiger charge is 2.55. The van der Waals surface area contributed by atoms with Gasteiger partial charge in [-0.15, -0.1) is 0 Å². The maximum absolute atomic E-state index is 11.9. The first kappa shape index (κ1) is 13.0. The minimum absolute atomic E-state index is 0.106. The van der Waals surface area contributed by atoms with Gasteiger partial charge in [-0.2, -0.15) is 0 Å². The Hall–Kier alpha value is -1.10. The Bertz CT molecular complexity index is 259. The van der Waals surface area contributed by atoms with Crippen LogP contribution in [0.4, 0.5) is 0 Å². The van der Waals surface area contributed by atoms with Gasteiger partial charge in [-0.25, -0.2) is 9.59 Å². The maximum atomic E-state index is 11.9. The highest BCUT2D eigenvalue weighted by molar-refractivity contribution is 6.05. The highest BCUT2D eigenvalue weighted by atomic mass is 16.6. The molecule has 0 aliphatic carbocycles. The molecule has 16 heavy (non-hydrogen) atoms. The largest absolute Gasteiger partial charge is 0.464 e. The second-order valence-electron chi connectivity index (χ2n) is 3.87. The Morgan fingerprint density at radius 1 is 1.25 bits per heavy atom. The van der Waals surface area contributed by atoms with Crippen molar-refractivity contribution in [2.45, 2.75) is 32.7 Å². The SMILES string of the molecule is CCOC(=O)C1(C(=O)OCC)NCCC1C. The third-order valence-corrected chi connectivity index (χ3v) is 2.92. The second-order valence-corrected chi connectivity index (χ2v) is 3.87. The molecule has 0 aromatic carbocycles. The summed E-state index contributed by atoms with van der Waals surface area (Å²) in [5, 5.41) is 2.94. The summed E-state index contributed by atoms with van der Waals surface area (Å²) < 4.78 is 9.93. The number of rotatable bonds is 4. The van der Waals surface area contributed by atoms with E-state index in [-0.39, 0.29) is 19.1 Å². The average molecular weight is 229 g/mol. The van der Waals surface area contributed by atoms with Crippen molar-refractivity contribution >= 4 is 11.9 Å². The van der Waals surface area contributed by atoms with Gasteiger partial charge in [0.05, 0.1) is 13.2 Å². The Morgan fingerprint density at radius 3 is 2.06 bits per heavy atom. The van der Waals surface area contributed by atoms with Crippen LogP contribution in [0.1, 0.15) is 27.2 Å². The van der Waals surface area contributed by atoms with Crippen LogP contribution in [-0.2, 0) is 19.1 Å². The number of carbonyl (C=O) groups excluding carboxylic acids is 2. The Morgan fingerprint density at radius 2 is 1.75 bits per heavy atom. The van der Waals surface area contributed by atoms with E-state index in [2.05, 4.69) is 5.32 Å². The molecule has 1 atom stereocenters. The minimum Gasteiger partial charge on any atom is -0.464 e. The molecule has 0 saturated carbocycles. The van der Waals surface area contributed by atoms with Crippen molar-refractivity contribution in [3.63, 3.8) is 0 Å². The molecule has 1 heterocycles. The number of hydrogen-bond acceptors (Lipinski definition) is 5. The Balaban J connectivity index is 2.92. The monoisotopic (exact) mass is 229 g/mol. The zero-order chi connectivity index (χ0) is 12.2. The van der Waals surface area contributed by atoms with Crippen LogP contribution in [0.3, 0.4) is 0 Å². The summed E-state index contributed by atoms with van der Waals surface area (Å²) in [7, 11) is 0. The Labute approximate surface area is 95.5 Å². The lowest BCUT2D eigenvalue weighted by Gasteiger charge is -2.28. The molecule has 5 nitrogen and oxygen atoms in total. The first-order valence-corrected chi connectivity index (χ1v) is 5.69. The van der Waals surface area contributed by atoms with Gasteiger partial charge in [-0.3, -0.25) is 5.32 Å². The van der Waals surface area contributed by atoms with E-state index < -0.39 is 17.5 Å². The number of nitrogens with one attached hydrogen (secondary N) is 1. The van der Waals surface area contributed by atoms with Crippen LogP contribution in [0.5, 0.6) is 0 Å². The Kier molecular flexibility index (Phi) is 4.29. The zero-order valence-electron chi connectivity index (χ0n) is 10.0. The number of ether oxygens (including phenoxy) is 2. The first-order valence-electron chi connectivity index (χ1n) is 5.69. The van der Waals surface area contributed by atoms with Crippen LogP contribution in [0, 0.1) is 5.92 Å². The molecule has 0 radical (unpaired) electrons. The summed E-state index contributed by atoms with van der Waals surface area (Å²) in [6.07, 6.45) is 0.762. The van der Waals surface area contributed by atoms with Crippen molar-refractivity contribution in [3.8, 4) is 0 Å². The lowest BCUT2D eigenvalue weighted by Crippen LogP contribution is -2.59. The summed E-state index contributed by atoms with van der Waals surface area (Å²) in [6, 6.07) is 0. The van der Waals surface area contributed by atoms with Crippen molar-refractivity contribution in [3.05, 3.63) is 0 Å². The molecule has 0 bridgehead atoms. The van der Waals surface area contributed by atoms with Crippen molar-refractivity contribution in [1.82, 2.24) is 5.32 Å². The average Bonchev–Trinajstić information content (AvgIpc) is 2.62. The second kappa shape index (κ2) is 5.30. The summed E-state index contributed by atoms with van der Waals surface area (Å²) in [5.74, 6) is -1.16. The fourth-order valence-corrected chi connectivity index (χ4v) is 2.00. The summed E-state index contributed by atoms with van der Waals surface area (Å²) >= 11 is 0. The van der Waals surface area contributed by atoms with Crippen LogP contribution in [0.25, 0.3) is 0 Å². The molecular weight excluding hydrogens is 210 g/mol. The zero-order valence-corrected chi connectivity index (χ0v) is 10.0. The van der Waals surface area contributed by atoms with Crippen LogP contribution in [0.15, 0.2) is 0 Å². The van der Waals surface area contributed by atoms with E-state index in [0.29, 0.717) is 6.54 Å². The topological polar surface area (TPSA) is 64.6 Å². The minimum atomic E-state index is -1.30. The maximum Gasteiger partial charge on any atom is 0.338 e. The lowest BCUT2D eigenvalue weighted by atomic mass is 9.87. The lowest BCUT2D eigenvalue weighted by molar-refractivity contribution is -0.167. The summed E-state index contributed by atoms with van der Waals surface area (Å²) in [6.45, 7) is 6.43. The van der Waals surface area contributed by atoms with Gasteiger partial charge in [-0.1, -0.05) is 6.92 Å². The standard InChI is InChI=1S/C11H19NO4/c1-4-15-9(13)11(10(14)16-5-2)8(3)6-7-12-11/h8,12H,4-7H2,1-3H3. The predicted octanol–water partition coefficient (Wildman–Crippen LogP) is 0.481. The predicted molar refractivity (Wildman–Crippen MR) is 57.8 cm³/mol. The van der Waals surface area contributed by atoms with E-state index >= 15 is 0 Å². The van der Waals surface area contributed by atoms with Crippen LogP contribution >= 0.6 is 0 Å². The van der Waals surface area contributed by atoms with E-state index in [9.17, 15) is 9.59 Å². The number of carbonyl (C=O) groups is 2. The number of esters is 2. The van der Waals surface area contributed by atoms with Gasteiger partial charge < -0.3 is 9.47 Å². The van der Waals surface area contributed by atoms with E-state index in [1.54, 1.807) is 13.8 Å². The summed E-state index contributed by atoms with van der Waals surface area (Å²) in [4.78, 5) is 23.8. The fraction of sp³-hybridized carbons (Fsp3) is 0.818. The third-order valence-electron chi connectivity index (χ3n) is 2.92. The molecule has 1 fully saturated rings. The van der Waals surface area contributed by atoms with E-state index in [0.717, 1.165) is 6.42 Å². The molecule has 1 unspecified atom stereocenters. The molecule has 0 amide bonds.